The van der Waals surface area contributed by atoms with Gasteiger partial charge in [-0.2, -0.15) is 18.3 Å². The number of hydrogen-bond donors (Lipinski definition) is 2. The van der Waals surface area contributed by atoms with Crippen LogP contribution in [0.2, 0.25) is 0 Å². The summed E-state index contributed by atoms with van der Waals surface area (Å²) in [5.41, 5.74) is 4.84. The molecule has 4 aromatic rings. The Morgan fingerprint density at radius 3 is 2.35 bits per heavy atom. The van der Waals surface area contributed by atoms with Crippen molar-refractivity contribution in [1.29, 1.82) is 0 Å². The van der Waals surface area contributed by atoms with Crippen LogP contribution in [0.15, 0.2) is 59.5 Å². The second kappa shape index (κ2) is 17.0. The molecular weight excluding hydrogens is 753 g/mol. The Kier molecular flexibility index (Phi) is 12.6. The van der Waals surface area contributed by atoms with Gasteiger partial charge in [-0.15, -0.1) is 0 Å². The fourth-order valence-corrected chi connectivity index (χ4v) is 5.70. The van der Waals surface area contributed by atoms with E-state index in [0.29, 0.717) is 23.7 Å². The summed E-state index contributed by atoms with van der Waals surface area (Å²) in [6.45, 7) is 9.58. The Hall–Kier alpha value is -5.98. The summed E-state index contributed by atoms with van der Waals surface area (Å²) in [5.74, 6) is -2.30. The Morgan fingerprint density at radius 1 is 1.00 bits per heavy atom. The number of benzene rings is 1. The number of oxazole rings is 1. The molecular formula is C38H45F3N8O8. The zero-order valence-corrected chi connectivity index (χ0v) is 32.4. The van der Waals surface area contributed by atoms with E-state index in [0.717, 1.165) is 43.4 Å². The van der Waals surface area contributed by atoms with Crippen LogP contribution in [0.4, 0.5) is 34.3 Å². The first-order chi connectivity index (χ1) is 26.7. The highest BCUT2D eigenvalue weighted by Crippen LogP contribution is 2.28. The minimum Gasteiger partial charge on any atom is -0.444 e. The number of amides is 4. The van der Waals surface area contributed by atoms with Gasteiger partial charge in [0.15, 0.2) is 11.4 Å². The molecule has 0 spiro atoms. The largest absolute Gasteiger partial charge is 0.444 e. The van der Waals surface area contributed by atoms with Gasteiger partial charge in [-0.1, -0.05) is 12.1 Å². The lowest BCUT2D eigenvalue weighted by molar-refractivity contribution is -0.119. The SMILES string of the molecule is CC(C)(C)OC(=O)N(CC(F)(F)F)c1cc(-c2nc(C(=O)Nc3cn(-c4ccc(COCC5CCCCN5C(=O)OC(C)(C)C)cc4)nc3C(N)=O)co2)ccn1. The van der Waals surface area contributed by atoms with Crippen molar-refractivity contribution in [2.45, 2.75) is 90.8 Å². The number of nitrogens with two attached hydrogens (primary N) is 1. The van der Waals surface area contributed by atoms with Gasteiger partial charge >= 0.3 is 18.4 Å². The van der Waals surface area contributed by atoms with E-state index >= 15 is 0 Å². The summed E-state index contributed by atoms with van der Waals surface area (Å²) >= 11 is 0. The van der Waals surface area contributed by atoms with E-state index < -0.39 is 47.6 Å². The number of piperidine rings is 1. The predicted octanol–water partition coefficient (Wildman–Crippen LogP) is 6.88. The zero-order chi connectivity index (χ0) is 41.7. The minimum absolute atomic E-state index is 0.0298. The molecule has 57 heavy (non-hydrogen) atoms. The van der Waals surface area contributed by atoms with Crippen molar-refractivity contribution in [3.63, 3.8) is 0 Å². The number of hydrogen-bond acceptors (Lipinski definition) is 11. The lowest BCUT2D eigenvalue weighted by Gasteiger charge is -2.36. The summed E-state index contributed by atoms with van der Waals surface area (Å²) < 4.78 is 63.8. The number of nitrogens with zero attached hydrogens (tertiary/aromatic N) is 6. The Bertz CT molecular complexity index is 2070. The van der Waals surface area contributed by atoms with E-state index in [2.05, 4.69) is 20.4 Å². The van der Waals surface area contributed by atoms with Crippen molar-refractivity contribution in [3.05, 3.63) is 72.0 Å². The second-order valence-electron chi connectivity index (χ2n) is 15.3. The van der Waals surface area contributed by atoms with Gasteiger partial charge in [0.05, 0.1) is 36.8 Å². The third kappa shape index (κ3) is 11.8. The van der Waals surface area contributed by atoms with Crippen LogP contribution in [0.1, 0.15) is 87.3 Å². The standard InChI is InChI=1S/C38H45F3N8O8/c1-36(2,3)56-34(52)47-16-8-7-9-26(47)20-54-19-23-10-12-25(13-11-23)49-18-27(30(46-49)31(42)50)44-32(51)28-21-55-33(45-28)24-14-15-43-29(17-24)48(22-38(39,40)41)35(53)57-37(4,5)6/h10-15,17-18,21,26H,7-9,16,19-20,22H2,1-6H3,(H2,42,50)(H,44,51). The first-order valence-corrected chi connectivity index (χ1v) is 18.0. The normalized spacial score (nSPS) is 14.9. The van der Waals surface area contributed by atoms with E-state index in [9.17, 15) is 32.3 Å². The van der Waals surface area contributed by atoms with Gasteiger partial charge in [0.1, 0.15) is 29.8 Å². The van der Waals surface area contributed by atoms with E-state index in [1.165, 1.54) is 37.7 Å². The molecule has 1 fully saturated rings. The summed E-state index contributed by atoms with van der Waals surface area (Å²) in [5, 5.41) is 6.78. The molecule has 1 atom stereocenters. The van der Waals surface area contributed by atoms with Crippen LogP contribution in [0, 0.1) is 0 Å². The number of aromatic nitrogens is 4. The molecule has 4 heterocycles. The van der Waals surface area contributed by atoms with Crippen molar-refractivity contribution in [1.82, 2.24) is 24.6 Å². The fraction of sp³-hybridized carbons (Fsp3) is 0.447. The van der Waals surface area contributed by atoms with Crippen LogP contribution in [-0.4, -0.2) is 91.8 Å². The van der Waals surface area contributed by atoms with Crippen molar-refractivity contribution >= 4 is 35.5 Å². The number of ether oxygens (including phenoxy) is 3. The number of rotatable bonds is 11. The summed E-state index contributed by atoms with van der Waals surface area (Å²) in [6.07, 6.45) is -0.154. The molecule has 1 aliphatic heterocycles. The zero-order valence-electron chi connectivity index (χ0n) is 32.4. The Balaban J connectivity index is 1.24. The maximum Gasteiger partial charge on any atom is 0.416 e. The van der Waals surface area contributed by atoms with Gasteiger partial charge in [0, 0.05) is 18.3 Å². The number of pyridine rings is 1. The molecule has 306 valence electrons. The van der Waals surface area contributed by atoms with Gasteiger partial charge in [-0.3, -0.25) is 14.5 Å². The highest BCUT2D eigenvalue weighted by Gasteiger charge is 2.37. The average Bonchev–Trinajstić information content (AvgIpc) is 3.78. The van der Waals surface area contributed by atoms with E-state index in [1.807, 2.05) is 32.9 Å². The van der Waals surface area contributed by atoms with Crippen molar-refractivity contribution in [3.8, 4) is 17.1 Å². The van der Waals surface area contributed by atoms with E-state index in [4.69, 9.17) is 24.4 Å². The molecule has 19 heteroatoms. The molecule has 0 bridgehead atoms. The molecule has 0 saturated carbocycles. The third-order valence-electron chi connectivity index (χ3n) is 8.19. The summed E-state index contributed by atoms with van der Waals surface area (Å²) in [7, 11) is 0. The molecule has 1 saturated heterocycles. The maximum atomic E-state index is 13.4. The number of nitrogens with one attached hydrogen (secondary N) is 1. The second-order valence-corrected chi connectivity index (χ2v) is 15.3. The number of primary amides is 1. The number of carbonyl (C=O) groups is 4. The summed E-state index contributed by atoms with van der Waals surface area (Å²) in [6, 6.07) is 9.49. The van der Waals surface area contributed by atoms with Crippen LogP contribution in [0.5, 0.6) is 0 Å². The van der Waals surface area contributed by atoms with Gasteiger partial charge in [-0.25, -0.2) is 24.2 Å². The molecule has 4 amide bonds. The average molecular weight is 799 g/mol. The molecule has 1 aromatic carbocycles. The predicted molar refractivity (Wildman–Crippen MR) is 200 cm³/mol. The summed E-state index contributed by atoms with van der Waals surface area (Å²) in [4.78, 5) is 61.1. The quantitative estimate of drug-likeness (QED) is 0.160. The third-order valence-corrected chi connectivity index (χ3v) is 8.19. The lowest BCUT2D eigenvalue weighted by atomic mass is 10.0. The molecule has 3 aromatic heterocycles. The topological polar surface area (TPSA) is 197 Å². The molecule has 0 radical (unpaired) electrons. The van der Waals surface area contributed by atoms with E-state index in [1.54, 1.807) is 17.0 Å². The number of anilines is 2. The first kappa shape index (κ1) is 42.2. The molecule has 1 unspecified atom stereocenters. The van der Waals surface area contributed by atoms with Crippen molar-refractivity contribution in [2.24, 2.45) is 5.73 Å². The molecule has 0 aliphatic carbocycles. The van der Waals surface area contributed by atoms with Gasteiger partial charge in [0.25, 0.3) is 11.8 Å². The highest BCUT2D eigenvalue weighted by molar-refractivity contribution is 6.07. The lowest BCUT2D eigenvalue weighted by Crippen LogP contribution is -2.48. The van der Waals surface area contributed by atoms with Crippen LogP contribution in [0.3, 0.4) is 0 Å². The van der Waals surface area contributed by atoms with Gasteiger partial charge < -0.3 is 34.6 Å². The highest BCUT2D eigenvalue weighted by atomic mass is 19.4. The first-order valence-electron chi connectivity index (χ1n) is 18.0. The van der Waals surface area contributed by atoms with Crippen LogP contribution < -0.4 is 16.0 Å². The maximum absolute atomic E-state index is 13.4. The Labute approximate surface area is 326 Å². The molecule has 16 nitrogen and oxygen atoms in total. The number of carbonyl (C=O) groups excluding carboxylic acids is 4. The smallest absolute Gasteiger partial charge is 0.416 e. The monoisotopic (exact) mass is 798 g/mol. The fourth-order valence-electron chi connectivity index (χ4n) is 5.70. The minimum atomic E-state index is -4.77. The van der Waals surface area contributed by atoms with Crippen LogP contribution in [-0.2, 0) is 20.8 Å². The van der Waals surface area contributed by atoms with Crippen molar-refractivity contribution in [2.75, 3.05) is 29.9 Å². The molecule has 1 aliphatic rings. The Morgan fingerprint density at radius 2 is 1.70 bits per heavy atom. The number of alkyl halides is 3. The molecule has 5 rings (SSSR count). The number of likely N-dealkylation sites (tertiary alicyclic amines) is 1. The van der Waals surface area contributed by atoms with E-state index in [-0.39, 0.29) is 47.3 Å². The van der Waals surface area contributed by atoms with Crippen molar-refractivity contribution < 1.29 is 51.0 Å². The number of halogens is 3. The van der Waals surface area contributed by atoms with Gasteiger partial charge in [0.2, 0.25) is 5.89 Å². The molecule has 3 N–H and O–H groups in total. The van der Waals surface area contributed by atoms with Gasteiger partial charge in [-0.05, 0) is 90.6 Å². The van der Waals surface area contributed by atoms with Crippen LogP contribution in [0.25, 0.3) is 17.1 Å². The van der Waals surface area contributed by atoms with Crippen LogP contribution >= 0.6 is 0 Å².